The average molecular weight is 233 g/mol. The first kappa shape index (κ1) is 13.0. The van der Waals surface area contributed by atoms with E-state index in [2.05, 4.69) is 5.32 Å². The van der Waals surface area contributed by atoms with Gasteiger partial charge < -0.3 is 10.1 Å². The van der Waals surface area contributed by atoms with Gasteiger partial charge in [-0.25, -0.2) is 4.79 Å². The number of hydrogen-bond donors (Lipinski definition) is 1. The molecular formula is C13H15NO3. The molecule has 0 aliphatic heterocycles. The van der Waals surface area contributed by atoms with E-state index in [0.717, 1.165) is 0 Å². The normalized spacial score (nSPS) is 10.8. The van der Waals surface area contributed by atoms with E-state index in [1.807, 2.05) is 18.2 Å². The second-order valence-electron chi connectivity index (χ2n) is 3.35. The third-order valence-corrected chi connectivity index (χ3v) is 2.00. The van der Waals surface area contributed by atoms with Gasteiger partial charge in [-0.3, -0.25) is 4.79 Å². The van der Waals surface area contributed by atoms with Crippen LogP contribution in [0.15, 0.2) is 36.5 Å². The molecular weight excluding hydrogens is 218 g/mol. The maximum absolute atomic E-state index is 11.7. The Kier molecular flexibility index (Phi) is 4.94. The Morgan fingerprint density at radius 1 is 1.29 bits per heavy atom. The Bertz CT molecular complexity index is 424. The van der Waals surface area contributed by atoms with Crippen molar-refractivity contribution in [2.24, 2.45) is 0 Å². The molecule has 1 amide bonds. The molecule has 1 aromatic carbocycles. The Morgan fingerprint density at radius 3 is 2.47 bits per heavy atom. The molecule has 0 fully saturated rings. The number of nitrogens with one attached hydrogen (secondary N) is 1. The van der Waals surface area contributed by atoms with Crippen LogP contribution in [0.3, 0.4) is 0 Å². The fourth-order valence-electron chi connectivity index (χ4n) is 1.26. The van der Waals surface area contributed by atoms with E-state index in [4.69, 9.17) is 4.74 Å². The molecule has 0 aliphatic carbocycles. The van der Waals surface area contributed by atoms with Crippen LogP contribution in [0.5, 0.6) is 0 Å². The molecule has 1 rings (SSSR count). The summed E-state index contributed by atoms with van der Waals surface area (Å²) in [5.74, 6) is -0.685. The number of hydrogen-bond acceptors (Lipinski definition) is 3. The fraction of sp³-hybridized carbons (Fsp3) is 0.231. The van der Waals surface area contributed by atoms with Crippen LogP contribution >= 0.6 is 0 Å². The van der Waals surface area contributed by atoms with Gasteiger partial charge in [0, 0.05) is 13.1 Å². The molecule has 0 saturated carbocycles. The van der Waals surface area contributed by atoms with Crippen LogP contribution in [-0.4, -0.2) is 18.5 Å². The van der Waals surface area contributed by atoms with Gasteiger partial charge in [0.2, 0.25) is 5.91 Å². The van der Waals surface area contributed by atoms with Crippen LogP contribution in [0.4, 0.5) is 0 Å². The molecule has 1 N–H and O–H groups in total. The molecule has 0 unspecified atom stereocenters. The smallest absolute Gasteiger partial charge is 0.340 e. The molecule has 0 aromatic heterocycles. The van der Waals surface area contributed by atoms with Gasteiger partial charge in [-0.1, -0.05) is 30.3 Å². The summed E-state index contributed by atoms with van der Waals surface area (Å²) in [5, 5.41) is 2.48. The SMILES string of the molecule is CCOC(=O)C(=CNC(C)=O)c1ccccc1. The zero-order valence-electron chi connectivity index (χ0n) is 9.90. The van der Waals surface area contributed by atoms with Gasteiger partial charge in [0.15, 0.2) is 0 Å². The van der Waals surface area contributed by atoms with Crippen molar-refractivity contribution in [2.45, 2.75) is 13.8 Å². The predicted molar refractivity (Wildman–Crippen MR) is 64.9 cm³/mol. The van der Waals surface area contributed by atoms with Crippen molar-refractivity contribution in [2.75, 3.05) is 6.61 Å². The van der Waals surface area contributed by atoms with Gasteiger partial charge in [0.25, 0.3) is 0 Å². The molecule has 17 heavy (non-hydrogen) atoms. The van der Waals surface area contributed by atoms with E-state index in [-0.39, 0.29) is 5.91 Å². The van der Waals surface area contributed by atoms with Crippen LogP contribution < -0.4 is 5.32 Å². The number of amides is 1. The third-order valence-electron chi connectivity index (χ3n) is 2.00. The molecule has 4 nitrogen and oxygen atoms in total. The summed E-state index contributed by atoms with van der Waals surface area (Å²) in [6.45, 7) is 3.41. The van der Waals surface area contributed by atoms with Gasteiger partial charge in [-0.05, 0) is 12.5 Å². The molecule has 0 saturated heterocycles. The molecule has 0 heterocycles. The van der Waals surface area contributed by atoms with Gasteiger partial charge >= 0.3 is 5.97 Å². The quantitative estimate of drug-likeness (QED) is 0.636. The molecule has 1 aromatic rings. The first-order chi connectivity index (χ1) is 8.15. The van der Waals surface area contributed by atoms with Gasteiger partial charge in [-0.2, -0.15) is 0 Å². The standard InChI is InChI=1S/C13H15NO3/c1-3-17-13(16)12(9-14-10(2)15)11-7-5-4-6-8-11/h4-9H,3H2,1-2H3,(H,14,15). The lowest BCUT2D eigenvalue weighted by atomic mass is 10.1. The molecule has 4 heteroatoms. The zero-order chi connectivity index (χ0) is 12.7. The molecule has 90 valence electrons. The number of carbonyl (C=O) groups is 2. The summed E-state index contributed by atoms with van der Waals surface area (Å²) in [4.78, 5) is 22.6. The van der Waals surface area contributed by atoms with Crippen molar-refractivity contribution >= 4 is 17.4 Å². The van der Waals surface area contributed by atoms with E-state index < -0.39 is 5.97 Å². The minimum absolute atomic E-state index is 0.234. The highest BCUT2D eigenvalue weighted by atomic mass is 16.5. The summed E-state index contributed by atoms with van der Waals surface area (Å²) < 4.78 is 4.93. The largest absolute Gasteiger partial charge is 0.462 e. The fourth-order valence-corrected chi connectivity index (χ4v) is 1.26. The minimum atomic E-state index is -0.451. The maximum atomic E-state index is 11.7. The average Bonchev–Trinajstić information content (AvgIpc) is 2.30. The van der Waals surface area contributed by atoms with E-state index in [0.29, 0.717) is 17.7 Å². The van der Waals surface area contributed by atoms with Gasteiger partial charge in [0.05, 0.1) is 12.2 Å². The lowest BCUT2D eigenvalue weighted by Gasteiger charge is -2.07. The van der Waals surface area contributed by atoms with Crippen molar-refractivity contribution in [1.29, 1.82) is 0 Å². The highest BCUT2D eigenvalue weighted by molar-refractivity contribution is 6.16. The highest BCUT2D eigenvalue weighted by Crippen LogP contribution is 2.14. The van der Waals surface area contributed by atoms with Crippen LogP contribution in [-0.2, 0) is 14.3 Å². The van der Waals surface area contributed by atoms with E-state index in [1.54, 1.807) is 19.1 Å². The topological polar surface area (TPSA) is 55.4 Å². The Labute approximate surface area is 100 Å². The lowest BCUT2D eigenvalue weighted by molar-refractivity contribution is -0.136. The number of esters is 1. The third kappa shape index (κ3) is 4.10. The zero-order valence-corrected chi connectivity index (χ0v) is 9.90. The first-order valence-corrected chi connectivity index (χ1v) is 5.35. The molecule has 0 aliphatic rings. The van der Waals surface area contributed by atoms with Crippen molar-refractivity contribution < 1.29 is 14.3 Å². The van der Waals surface area contributed by atoms with Crippen LogP contribution in [0.25, 0.3) is 5.57 Å². The summed E-state index contributed by atoms with van der Waals surface area (Å²) in [6.07, 6.45) is 1.37. The Balaban J connectivity index is 2.98. The number of ether oxygens (including phenoxy) is 1. The summed E-state index contributed by atoms with van der Waals surface area (Å²) in [7, 11) is 0. The van der Waals surface area contributed by atoms with Gasteiger partial charge in [0.1, 0.15) is 0 Å². The van der Waals surface area contributed by atoms with E-state index >= 15 is 0 Å². The summed E-state index contributed by atoms with van der Waals surface area (Å²) in [5.41, 5.74) is 1.04. The summed E-state index contributed by atoms with van der Waals surface area (Å²) >= 11 is 0. The number of benzene rings is 1. The number of rotatable bonds is 4. The van der Waals surface area contributed by atoms with Crippen LogP contribution in [0, 0.1) is 0 Å². The van der Waals surface area contributed by atoms with Crippen molar-refractivity contribution in [3.63, 3.8) is 0 Å². The molecule has 0 bridgehead atoms. The van der Waals surface area contributed by atoms with Crippen molar-refractivity contribution in [1.82, 2.24) is 5.32 Å². The summed E-state index contributed by atoms with van der Waals surface area (Å²) in [6, 6.07) is 9.05. The molecule has 0 atom stereocenters. The second-order valence-corrected chi connectivity index (χ2v) is 3.35. The lowest BCUT2D eigenvalue weighted by Crippen LogP contribution is -2.16. The Morgan fingerprint density at radius 2 is 1.94 bits per heavy atom. The van der Waals surface area contributed by atoms with Crippen LogP contribution in [0.2, 0.25) is 0 Å². The van der Waals surface area contributed by atoms with Crippen LogP contribution in [0.1, 0.15) is 19.4 Å². The number of carbonyl (C=O) groups excluding carboxylic acids is 2. The highest BCUT2D eigenvalue weighted by Gasteiger charge is 2.12. The van der Waals surface area contributed by atoms with E-state index in [9.17, 15) is 9.59 Å². The van der Waals surface area contributed by atoms with E-state index in [1.165, 1.54) is 13.1 Å². The molecule has 0 radical (unpaired) electrons. The second kappa shape index (κ2) is 6.48. The minimum Gasteiger partial charge on any atom is -0.462 e. The first-order valence-electron chi connectivity index (χ1n) is 5.35. The van der Waals surface area contributed by atoms with Crippen molar-refractivity contribution in [3.05, 3.63) is 42.1 Å². The van der Waals surface area contributed by atoms with Gasteiger partial charge in [-0.15, -0.1) is 0 Å². The molecule has 0 spiro atoms. The van der Waals surface area contributed by atoms with Crippen molar-refractivity contribution in [3.8, 4) is 0 Å². The predicted octanol–water partition coefficient (Wildman–Crippen LogP) is 1.73. The Hall–Kier alpha value is -2.10. The maximum Gasteiger partial charge on any atom is 0.340 e. The monoisotopic (exact) mass is 233 g/mol.